The van der Waals surface area contributed by atoms with Gasteiger partial charge in [-0.1, -0.05) is 54.6 Å². The maximum atomic E-state index is 4.46. The van der Waals surface area contributed by atoms with Gasteiger partial charge in [0.2, 0.25) is 0 Å². The number of benzene rings is 2. The summed E-state index contributed by atoms with van der Waals surface area (Å²) in [5, 5.41) is 1.18. The zero-order valence-corrected chi connectivity index (χ0v) is 15.0. The first-order chi connectivity index (χ1) is 7.95. The molecule has 1 aromatic heterocycles. The second-order valence-electron chi connectivity index (χ2n) is 3.75. The van der Waals surface area contributed by atoms with Gasteiger partial charge in [0.05, 0.1) is 5.52 Å². The van der Waals surface area contributed by atoms with Gasteiger partial charge in [-0.25, -0.2) is 0 Å². The van der Waals surface area contributed by atoms with Crippen molar-refractivity contribution in [3.05, 3.63) is 66.9 Å². The van der Waals surface area contributed by atoms with E-state index in [0.717, 1.165) is 5.52 Å². The number of rotatable bonds is 1. The smallest absolute Gasteiger partial charge is 0.0780 e. The van der Waals surface area contributed by atoms with Crippen molar-refractivity contribution in [3.8, 4) is 11.1 Å². The van der Waals surface area contributed by atoms with Gasteiger partial charge in [-0.05, 0) is 11.6 Å². The molecule has 0 N–H and O–H groups in total. The van der Waals surface area contributed by atoms with Gasteiger partial charge in [0.15, 0.2) is 0 Å². The summed E-state index contributed by atoms with van der Waals surface area (Å²) in [6, 6.07) is 20.7. The van der Waals surface area contributed by atoms with Gasteiger partial charge in [-0.2, -0.15) is 0 Å². The average molecular weight is 406 g/mol. The first-order valence-corrected chi connectivity index (χ1v) is 5.34. The largest absolute Gasteiger partial charge is 0.256 e. The van der Waals surface area contributed by atoms with Gasteiger partial charge in [0, 0.05) is 44.8 Å². The van der Waals surface area contributed by atoms with Gasteiger partial charge in [-0.3, -0.25) is 4.98 Å². The topological polar surface area (TPSA) is 12.9 Å². The van der Waals surface area contributed by atoms with Gasteiger partial charge < -0.3 is 0 Å². The Morgan fingerprint density at radius 1 is 0.706 bits per heavy atom. The molecule has 0 atom stereocenters. The van der Waals surface area contributed by atoms with E-state index >= 15 is 0 Å². The van der Waals surface area contributed by atoms with E-state index in [9.17, 15) is 0 Å². The maximum Gasteiger partial charge on any atom is 0.0780 e. The Balaban J connectivity index is 0.00000108. The molecule has 1 nitrogen and oxygen atoms in total. The monoisotopic (exact) mass is 407 g/mol. The number of para-hydroxylation sites is 1. The maximum absolute atomic E-state index is 4.46. The molecule has 0 aliphatic carbocycles. The molecule has 0 unspecified atom stereocenters. The molecule has 0 radical (unpaired) electrons. The second-order valence-corrected chi connectivity index (χ2v) is 3.75. The molecule has 3 aromatic rings. The molecule has 0 saturated heterocycles. The SMILES string of the molecule is [Hg].c1ccc(-c2cccc3cccnc23)cc1. The van der Waals surface area contributed by atoms with E-state index in [0.29, 0.717) is 0 Å². The Labute approximate surface area is 121 Å². The molecule has 17 heavy (non-hydrogen) atoms. The Morgan fingerprint density at radius 3 is 2.29 bits per heavy atom. The van der Waals surface area contributed by atoms with Crippen molar-refractivity contribution < 1.29 is 27.7 Å². The summed E-state index contributed by atoms with van der Waals surface area (Å²) < 4.78 is 0. The molecule has 1 heterocycles. The standard InChI is InChI=1S/C15H11N.Hg/c1-2-6-12(7-3-1)14-10-4-8-13-9-5-11-16-15(13)14;/h1-11H;. The summed E-state index contributed by atoms with van der Waals surface area (Å²) in [5.41, 5.74) is 3.47. The second kappa shape index (κ2) is 5.41. The molecule has 2 aromatic carbocycles. The molecule has 0 aliphatic rings. The van der Waals surface area contributed by atoms with E-state index in [2.05, 4.69) is 53.5 Å². The van der Waals surface area contributed by atoms with Gasteiger partial charge in [0.1, 0.15) is 0 Å². The van der Waals surface area contributed by atoms with Crippen LogP contribution in [0.25, 0.3) is 22.0 Å². The molecule has 78 valence electrons. The summed E-state index contributed by atoms with van der Waals surface area (Å²) in [4.78, 5) is 4.46. The Hall–Kier alpha value is -1.21. The number of nitrogens with zero attached hydrogens (tertiary/aromatic N) is 1. The fourth-order valence-corrected chi connectivity index (χ4v) is 1.95. The molecule has 0 amide bonds. The van der Waals surface area contributed by atoms with Crippen LogP contribution in [0.15, 0.2) is 66.9 Å². The average Bonchev–Trinajstić information content (AvgIpc) is 2.39. The van der Waals surface area contributed by atoms with Crippen molar-refractivity contribution in [2.24, 2.45) is 0 Å². The summed E-state index contributed by atoms with van der Waals surface area (Å²) >= 11 is 0. The van der Waals surface area contributed by atoms with Crippen molar-refractivity contribution in [1.82, 2.24) is 4.98 Å². The van der Waals surface area contributed by atoms with Crippen molar-refractivity contribution in [2.45, 2.75) is 0 Å². The van der Waals surface area contributed by atoms with E-state index < -0.39 is 0 Å². The molecule has 0 fully saturated rings. The van der Waals surface area contributed by atoms with Crippen LogP contribution in [-0.4, -0.2) is 4.98 Å². The molecule has 0 spiro atoms. The Kier molecular flexibility index (Phi) is 3.90. The van der Waals surface area contributed by atoms with Crippen molar-refractivity contribution in [3.63, 3.8) is 0 Å². The van der Waals surface area contributed by atoms with Crippen molar-refractivity contribution >= 4 is 10.9 Å². The normalized spacial score (nSPS) is 9.88. The third-order valence-electron chi connectivity index (χ3n) is 2.72. The number of pyridine rings is 1. The summed E-state index contributed by atoms with van der Waals surface area (Å²) in [6.45, 7) is 0. The predicted octanol–water partition coefficient (Wildman–Crippen LogP) is 3.90. The van der Waals surface area contributed by atoms with Crippen LogP contribution in [0.1, 0.15) is 0 Å². The van der Waals surface area contributed by atoms with Crippen LogP contribution < -0.4 is 0 Å². The van der Waals surface area contributed by atoms with Crippen LogP contribution in [0, 0.1) is 0 Å². The van der Waals surface area contributed by atoms with E-state index in [1.807, 2.05) is 18.3 Å². The number of aromatic nitrogens is 1. The third kappa shape index (κ3) is 2.39. The quantitative estimate of drug-likeness (QED) is 0.560. The van der Waals surface area contributed by atoms with Crippen LogP contribution in [0.2, 0.25) is 0 Å². The Bertz CT molecular complexity index is 615. The first-order valence-electron chi connectivity index (χ1n) is 5.34. The summed E-state index contributed by atoms with van der Waals surface area (Å²) in [7, 11) is 0. The first kappa shape index (κ1) is 12.2. The zero-order chi connectivity index (χ0) is 10.8. The summed E-state index contributed by atoms with van der Waals surface area (Å²) in [5.74, 6) is 0. The van der Waals surface area contributed by atoms with Crippen molar-refractivity contribution in [1.29, 1.82) is 0 Å². The van der Waals surface area contributed by atoms with E-state index in [1.165, 1.54) is 16.5 Å². The number of hydrogen-bond acceptors (Lipinski definition) is 1. The van der Waals surface area contributed by atoms with Gasteiger partial charge in [-0.15, -0.1) is 0 Å². The summed E-state index contributed by atoms with van der Waals surface area (Å²) in [6.07, 6.45) is 1.84. The molecule has 3 rings (SSSR count). The molecule has 0 saturated carbocycles. The molecular formula is C15H11HgN. The fraction of sp³-hybridized carbons (Fsp3) is 0. The van der Waals surface area contributed by atoms with Crippen LogP contribution in [0.5, 0.6) is 0 Å². The molecule has 2 heteroatoms. The van der Waals surface area contributed by atoms with Crippen LogP contribution in [-0.2, 0) is 27.7 Å². The minimum absolute atomic E-state index is 0. The van der Waals surface area contributed by atoms with Crippen molar-refractivity contribution in [2.75, 3.05) is 0 Å². The van der Waals surface area contributed by atoms with E-state index in [4.69, 9.17) is 0 Å². The third-order valence-corrected chi connectivity index (χ3v) is 2.72. The van der Waals surface area contributed by atoms with Crippen LogP contribution in [0.3, 0.4) is 0 Å². The fourth-order valence-electron chi connectivity index (χ4n) is 1.95. The van der Waals surface area contributed by atoms with E-state index in [-0.39, 0.29) is 27.7 Å². The molecule has 0 bridgehead atoms. The molecular weight excluding hydrogens is 395 g/mol. The van der Waals surface area contributed by atoms with Crippen LogP contribution in [0.4, 0.5) is 0 Å². The number of hydrogen-bond donors (Lipinski definition) is 0. The minimum Gasteiger partial charge on any atom is -0.256 e. The predicted molar refractivity (Wildman–Crippen MR) is 67.2 cm³/mol. The molecule has 0 aliphatic heterocycles. The minimum atomic E-state index is 0. The van der Waals surface area contributed by atoms with E-state index in [1.54, 1.807) is 0 Å². The zero-order valence-electron chi connectivity index (χ0n) is 9.51. The number of fused-ring (bicyclic) bond motifs is 1. The van der Waals surface area contributed by atoms with Gasteiger partial charge >= 0.3 is 0 Å². The van der Waals surface area contributed by atoms with Gasteiger partial charge in [0.25, 0.3) is 0 Å². The Morgan fingerprint density at radius 2 is 1.47 bits per heavy atom. The van der Waals surface area contributed by atoms with Crippen LogP contribution >= 0.6 is 0 Å².